The number of aromatic amines is 1. The molecule has 0 bridgehead atoms. The molecule has 0 saturated heterocycles. The van der Waals surface area contributed by atoms with E-state index in [2.05, 4.69) is 14.9 Å². The van der Waals surface area contributed by atoms with Crippen molar-refractivity contribution in [1.29, 1.82) is 0 Å². The Balaban J connectivity index is 1.69. The molecule has 0 aliphatic rings. The van der Waals surface area contributed by atoms with Crippen molar-refractivity contribution >= 4 is 21.6 Å². The van der Waals surface area contributed by atoms with Crippen LogP contribution in [0, 0.1) is 0 Å². The first-order valence-electron chi connectivity index (χ1n) is 8.44. The maximum Gasteiger partial charge on any atom is 0.216 e. The van der Waals surface area contributed by atoms with Crippen LogP contribution in [0.5, 0.6) is 5.75 Å². The third-order valence-corrected chi connectivity index (χ3v) is 5.43. The Kier molecular flexibility index (Phi) is 6.15. The predicted molar refractivity (Wildman–Crippen MR) is 106 cm³/mol. The summed E-state index contributed by atoms with van der Waals surface area (Å²) < 4.78 is 32.8. The van der Waals surface area contributed by atoms with Gasteiger partial charge in [0.2, 0.25) is 10.0 Å². The fourth-order valence-corrected chi connectivity index (χ4v) is 3.97. The number of aromatic nitrogens is 2. The van der Waals surface area contributed by atoms with Gasteiger partial charge in [-0.1, -0.05) is 23.7 Å². The average Bonchev–Trinajstić information content (AvgIpc) is 3.09. The van der Waals surface area contributed by atoms with Gasteiger partial charge in [-0.3, -0.25) is 5.10 Å². The van der Waals surface area contributed by atoms with Gasteiger partial charge in [0.15, 0.2) is 0 Å². The summed E-state index contributed by atoms with van der Waals surface area (Å²) in [7, 11) is -3.51. The van der Waals surface area contributed by atoms with Gasteiger partial charge in [-0.25, -0.2) is 13.1 Å². The summed E-state index contributed by atoms with van der Waals surface area (Å²) in [6.07, 6.45) is 1.62. The van der Waals surface area contributed by atoms with Crippen molar-refractivity contribution in [3.63, 3.8) is 0 Å². The minimum atomic E-state index is -3.51. The van der Waals surface area contributed by atoms with Crippen LogP contribution in [0.2, 0.25) is 5.02 Å². The number of halogens is 1. The molecule has 0 unspecified atom stereocenters. The molecule has 8 heteroatoms. The predicted octanol–water partition coefficient (Wildman–Crippen LogP) is 3.75. The smallest absolute Gasteiger partial charge is 0.216 e. The fraction of sp³-hybridized carbons (Fsp3) is 0.211. The van der Waals surface area contributed by atoms with Gasteiger partial charge in [0.05, 0.1) is 24.3 Å². The van der Waals surface area contributed by atoms with Crippen molar-refractivity contribution in [1.82, 2.24) is 14.9 Å². The SMILES string of the molecule is CCOc1ccc(-c2[nH]ncc2CNS(=O)(=O)Cc2cccc(Cl)c2)cc1. The standard InChI is InChI=1S/C19H20ClN3O3S/c1-2-26-18-8-6-15(7-9-18)19-16(11-21-23-19)12-22-27(24,25)13-14-4-3-5-17(20)10-14/h3-11,22H,2,12-13H2,1H3,(H,21,23). The number of rotatable bonds is 8. The van der Waals surface area contributed by atoms with E-state index >= 15 is 0 Å². The van der Waals surface area contributed by atoms with Crippen LogP contribution in [-0.2, 0) is 22.3 Å². The van der Waals surface area contributed by atoms with E-state index in [0.717, 1.165) is 22.6 Å². The molecule has 0 aliphatic heterocycles. The zero-order valence-electron chi connectivity index (χ0n) is 14.8. The van der Waals surface area contributed by atoms with E-state index in [1.54, 1.807) is 30.5 Å². The Morgan fingerprint density at radius 1 is 1.19 bits per heavy atom. The van der Waals surface area contributed by atoms with E-state index in [1.165, 1.54) is 0 Å². The second-order valence-corrected chi connectivity index (χ2v) is 8.18. The molecule has 3 aromatic rings. The molecule has 0 amide bonds. The molecule has 6 nitrogen and oxygen atoms in total. The Hall–Kier alpha value is -2.35. The third-order valence-electron chi connectivity index (χ3n) is 3.90. The molecular formula is C19H20ClN3O3S. The summed E-state index contributed by atoms with van der Waals surface area (Å²) in [5.74, 6) is 0.647. The molecule has 0 fully saturated rings. The maximum absolute atomic E-state index is 12.4. The van der Waals surface area contributed by atoms with Gasteiger partial charge >= 0.3 is 0 Å². The molecule has 142 valence electrons. The van der Waals surface area contributed by atoms with Crippen LogP contribution in [0.25, 0.3) is 11.3 Å². The van der Waals surface area contributed by atoms with Crippen LogP contribution < -0.4 is 9.46 Å². The quantitative estimate of drug-likeness (QED) is 0.597. The molecular weight excluding hydrogens is 386 g/mol. The maximum atomic E-state index is 12.4. The summed E-state index contributed by atoms with van der Waals surface area (Å²) >= 11 is 5.91. The van der Waals surface area contributed by atoms with Crippen LogP contribution in [0.4, 0.5) is 0 Å². The summed E-state index contributed by atoms with van der Waals surface area (Å²) in [5, 5.41) is 7.48. The summed E-state index contributed by atoms with van der Waals surface area (Å²) in [6.45, 7) is 2.67. The topological polar surface area (TPSA) is 84.1 Å². The first-order chi connectivity index (χ1) is 13.0. The largest absolute Gasteiger partial charge is 0.494 e. The highest BCUT2D eigenvalue weighted by Crippen LogP contribution is 2.24. The molecule has 3 rings (SSSR count). The van der Waals surface area contributed by atoms with E-state index in [9.17, 15) is 8.42 Å². The second kappa shape index (κ2) is 8.56. The van der Waals surface area contributed by atoms with E-state index in [-0.39, 0.29) is 12.3 Å². The van der Waals surface area contributed by atoms with E-state index in [1.807, 2.05) is 31.2 Å². The normalized spacial score (nSPS) is 11.5. The average molecular weight is 406 g/mol. The highest BCUT2D eigenvalue weighted by molar-refractivity contribution is 7.88. The van der Waals surface area contributed by atoms with Crippen LogP contribution in [0.15, 0.2) is 54.7 Å². The Labute approximate surface area is 163 Å². The number of ether oxygens (including phenoxy) is 1. The molecule has 0 aliphatic carbocycles. The number of hydrogen-bond donors (Lipinski definition) is 2. The number of hydrogen-bond acceptors (Lipinski definition) is 4. The number of nitrogens with one attached hydrogen (secondary N) is 2. The Morgan fingerprint density at radius 3 is 2.67 bits per heavy atom. The zero-order chi connectivity index (χ0) is 19.3. The molecule has 0 radical (unpaired) electrons. The minimum absolute atomic E-state index is 0.135. The zero-order valence-corrected chi connectivity index (χ0v) is 16.3. The number of nitrogens with zero attached hydrogens (tertiary/aromatic N) is 1. The minimum Gasteiger partial charge on any atom is -0.494 e. The van der Waals surface area contributed by atoms with Crippen molar-refractivity contribution in [2.75, 3.05) is 6.61 Å². The van der Waals surface area contributed by atoms with Crippen LogP contribution >= 0.6 is 11.6 Å². The second-order valence-electron chi connectivity index (χ2n) is 5.94. The van der Waals surface area contributed by atoms with Gasteiger partial charge < -0.3 is 4.74 Å². The lowest BCUT2D eigenvalue weighted by Crippen LogP contribution is -2.24. The first kappa shape index (κ1) is 19.4. The fourth-order valence-electron chi connectivity index (χ4n) is 2.66. The van der Waals surface area contributed by atoms with Crippen LogP contribution in [-0.4, -0.2) is 25.2 Å². The van der Waals surface area contributed by atoms with Gasteiger partial charge in [0, 0.05) is 22.7 Å². The molecule has 0 saturated carbocycles. The van der Waals surface area contributed by atoms with E-state index < -0.39 is 10.0 Å². The summed E-state index contributed by atoms with van der Waals surface area (Å²) in [6, 6.07) is 14.4. The highest BCUT2D eigenvalue weighted by Gasteiger charge is 2.14. The monoisotopic (exact) mass is 405 g/mol. The van der Waals surface area contributed by atoms with E-state index in [4.69, 9.17) is 16.3 Å². The summed E-state index contributed by atoms with van der Waals surface area (Å²) in [4.78, 5) is 0. The van der Waals surface area contributed by atoms with Crippen LogP contribution in [0.3, 0.4) is 0 Å². The van der Waals surface area contributed by atoms with Crippen molar-refractivity contribution in [3.8, 4) is 17.0 Å². The lowest BCUT2D eigenvalue weighted by molar-refractivity contribution is 0.340. The molecule has 2 N–H and O–H groups in total. The number of H-pyrrole nitrogens is 1. The van der Waals surface area contributed by atoms with Gasteiger partial charge in [-0.2, -0.15) is 5.10 Å². The van der Waals surface area contributed by atoms with Gasteiger partial charge in [-0.05, 0) is 48.9 Å². The van der Waals surface area contributed by atoms with Crippen molar-refractivity contribution < 1.29 is 13.2 Å². The van der Waals surface area contributed by atoms with Crippen molar-refractivity contribution in [2.24, 2.45) is 0 Å². The molecule has 1 aromatic heterocycles. The highest BCUT2D eigenvalue weighted by atomic mass is 35.5. The molecule has 2 aromatic carbocycles. The van der Waals surface area contributed by atoms with Gasteiger partial charge in [0.25, 0.3) is 0 Å². The van der Waals surface area contributed by atoms with Crippen molar-refractivity contribution in [3.05, 3.63) is 70.9 Å². The molecule has 1 heterocycles. The number of sulfonamides is 1. The third kappa shape index (κ3) is 5.32. The number of benzene rings is 2. The molecule has 27 heavy (non-hydrogen) atoms. The summed E-state index contributed by atoms with van der Waals surface area (Å²) in [5.41, 5.74) is 3.06. The van der Waals surface area contributed by atoms with Crippen LogP contribution in [0.1, 0.15) is 18.1 Å². The molecule has 0 spiro atoms. The lowest BCUT2D eigenvalue weighted by Gasteiger charge is -2.08. The Bertz CT molecular complexity index is 1000. The van der Waals surface area contributed by atoms with Crippen molar-refractivity contribution in [2.45, 2.75) is 19.2 Å². The molecule has 0 atom stereocenters. The lowest BCUT2D eigenvalue weighted by atomic mass is 10.1. The van der Waals surface area contributed by atoms with Gasteiger partial charge in [-0.15, -0.1) is 0 Å². The Morgan fingerprint density at radius 2 is 1.96 bits per heavy atom. The van der Waals surface area contributed by atoms with Gasteiger partial charge in [0.1, 0.15) is 5.75 Å². The first-order valence-corrected chi connectivity index (χ1v) is 10.5. The van der Waals surface area contributed by atoms with E-state index in [0.29, 0.717) is 17.2 Å².